The molecule has 0 unspecified atom stereocenters. The van der Waals surface area contributed by atoms with E-state index >= 15 is 0 Å². The second kappa shape index (κ2) is 7.48. The zero-order valence-corrected chi connectivity index (χ0v) is 14.6. The van der Waals surface area contributed by atoms with Gasteiger partial charge in [-0.3, -0.25) is 4.79 Å². The van der Waals surface area contributed by atoms with Gasteiger partial charge in [0.05, 0.1) is 12.7 Å². The van der Waals surface area contributed by atoms with Crippen LogP contribution in [0.3, 0.4) is 0 Å². The molecule has 0 saturated carbocycles. The minimum absolute atomic E-state index is 0.144. The molecule has 3 heterocycles. The number of halogens is 1. The molecule has 1 aromatic carbocycles. The van der Waals surface area contributed by atoms with E-state index in [0.717, 1.165) is 5.56 Å². The first-order valence-corrected chi connectivity index (χ1v) is 8.65. The van der Waals surface area contributed by atoms with Gasteiger partial charge in [0, 0.05) is 38.6 Å². The maximum atomic E-state index is 13.0. The summed E-state index contributed by atoms with van der Waals surface area (Å²) in [4.78, 5) is 25.0. The first kappa shape index (κ1) is 17.1. The number of benzene rings is 1. The van der Waals surface area contributed by atoms with Crippen LogP contribution in [0, 0.1) is 5.82 Å². The zero-order valence-electron chi connectivity index (χ0n) is 14.6. The van der Waals surface area contributed by atoms with E-state index in [1.807, 2.05) is 0 Å². The third-order valence-corrected chi connectivity index (χ3v) is 4.42. The molecule has 1 aliphatic rings. The lowest BCUT2D eigenvalue weighted by Gasteiger charge is -2.34. The van der Waals surface area contributed by atoms with Crippen LogP contribution in [-0.2, 0) is 6.54 Å². The summed E-state index contributed by atoms with van der Waals surface area (Å²) >= 11 is 0. The third kappa shape index (κ3) is 3.91. The van der Waals surface area contributed by atoms with Crippen LogP contribution in [0.25, 0.3) is 0 Å². The van der Waals surface area contributed by atoms with E-state index in [9.17, 15) is 9.18 Å². The summed E-state index contributed by atoms with van der Waals surface area (Å²) < 4.78 is 14.6. The molecular formula is C18H18FN7O. The van der Waals surface area contributed by atoms with E-state index in [1.54, 1.807) is 46.4 Å². The Morgan fingerprint density at radius 1 is 1.04 bits per heavy atom. The Kier molecular flexibility index (Phi) is 4.73. The van der Waals surface area contributed by atoms with Crippen LogP contribution < -0.4 is 4.90 Å². The fourth-order valence-electron chi connectivity index (χ4n) is 2.98. The number of amides is 1. The maximum Gasteiger partial charge on any atom is 0.276 e. The molecule has 1 fully saturated rings. The average molecular weight is 367 g/mol. The molecule has 0 atom stereocenters. The molecule has 0 bridgehead atoms. The molecule has 0 radical (unpaired) electrons. The number of carbonyl (C=O) groups is 1. The second-order valence-corrected chi connectivity index (χ2v) is 6.26. The van der Waals surface area contributed by atoms with Crippen LogP contribution in [-0.4, -0.2) is 61.9 Å². The van der Waals surface area contributed by atoms with Crippen LogP contribution in [0.2, 0.25) is 0 Å². The summed E-state index contributed by atoms with van der Waals surface area (Å²) in [5, 5.41) is 8.00. The van der Waals surface area contributed by atoms with E-state index in [0.29, 0.717) is 44.4 Å². The predicted molar refractivity (Wildman–Crippen MR) is 95.7 cm³/mol. The number of rotatable bonds is 4. The Bertz CT molecular complexity index is 905. The normalized spacial score (nSPS) is 14.4. The van der Waals surface area contributed by atoms with Gasteiger partial charge >= 0.3 is 0 Å². The number of aromatic nitrogens is 5. The maximum absolute atomic E-state index is 13.0. The summed E-state index contributed by atoms with van der Waals surface area (Å²) in [5.41, 5.74) is 1.19. The van der Waals surface area contributed by atoms with Crippen molar-refractivity contribution in [3.8, 4) is 0 Å². The van der Waals surface area contributed by atoms with Crippen LogP contribution >= 0.6 is 0 Å². The van der Waals surface area contributed by atoms with Crippen LogP contribution in [0.15, 0.2) is 48.9 Å². The molecule has 2 aromatic heterocycles. The quantitative estimate of drug-likeness (QED) is 0.690. The molecule has 0 spiro atoms. The number of carbonyl (C=O) groups excluding carboxylic acids is 1. The van der Waals surface area contributed by atoms with E-state index in [4.69, 9.17) is 0 Å². The van der Waals surface area contributed by atoms with Gasteiger partial charge in [-0.2, -0.15) is 0 Å². The lowest BCUT2D eigenvalue weighted by atomic mass is 10.2. The highest BCUT2D eigenvalue weighted by Crippen LogP contribution is 2.12. The molecule has 27 heavy (non-hydrogen) atoms. The van der Waals surface area contributed by atoms with Crippen molar-refractivity contribution in [3.05, 3.63) is 66.0 Å². The molecule has 138 valence electrons. The summed E-state index contributed by atoms with van der Waals surface area (Å²) in [6.45, 7) is 2.91. The fraction of sp³-hybridized carbons (Fsp3) is 0.278. The Morgan fingerprint density at radius 3 is 2.44 bits per heavy atom. The van der Waals surface area contributed by atoms with Crippen LogP contribution in [0.4, 0.5) is 10.3 Å². The molecular weight excluding hydrogens is 349 g/mol. The van der Waals surface area contributed by atoms with Gasteiger partial charge in [0.15, 0.2) is 5.69 Å². The Balaban J connectivity index is 1.36. The van der Waals surface area contributed by atoms with Crippen molar-refractivity contribution in [1.82, 2.24) is 29.9 Å². The Morgan fingerprint density at radius 2 is 1.74 bits per heavy atom. The predicted octanol–water partition coefficient (Wildman–Crippen LogP) is 1.22. The largest absolute Gasteiger partial charge is 0.337 e. The number of hydrogen-bond donors (Lipinski definition) is 0. The van der Waals surface area contributed by atoms with Gasteiger partial charge < -0.3 is 9.80 Å². The van der Waals surface area contributed by atoms with Gasteiger partial charge in [-0.1, -0.05) is 17.3 Å². The number of hydrogen-bond acceptors (Lipinski definition) is 6. The van der Waals surface area contributed by atoms with E-state index in [2.05, 4.69) is 25.2 Å². The molecule has 9 heteroatoms. The molecule has 0 aliphatic carbocycles. The summed E-state index contributed by atoms with van der Waals surface area (Å²) in [6, 6.07) is 7.94. The first-order chi connectivity index (χ1) is 13.2. The van der Waals surface area contributed by atoms with Gasteiger partial charge in [-0.15, -0.1) is 5.10 Å². The van der Waals surface area contributed by atoms with Crippen molar-refractivity contribution in [3.63, 3.8) is 0 Å². The van der Waals surface area contributed by atoms with E-state index < -0.39 is 0 Å². The van der Waals surface area contributed by atoms with Crippen molar-refractivity contribution >= 4 is 11.9 Å². The average Bonchev–Trinajstić information content (AvgIpc) is 3.18. The minimum Gasteiger partial charge on any atom is -0.337 e. The number of anilines is 1. The number of piperazine rings is 1. The molecule has 1 amide bonds. The van der Waals surface area contributed by atoms with E-state index in [-0.39, 0.29) is 11.7 Å². The molecule has 4 rings (SSSR count). The molecule has 0 N–H and O–H groups in total. The van der Waals surface area contributed by atoms with Gasteiger partial charge in [0.1, 0.15) is 5.82 Å². The molecule has 1 saturated heterocycles. The van der Waals surface area contributed by atoms with Crippen molar-refractivity contribution in [1.29, 1.82) is 0 Å². The van der Waals surface area contributed by atoms with Crippen molar-refractivity contribution in [2.75, 3.05) is 31.1 Å². The molecule has 1 aliphatic heterocycles. The smallest absolute Gasteiger partial charge is 0.276 e. The minimum atomic E-state index is -0.284. The van der Waals surface area contributed by atoms with Crippen molar-refractivity contribution in [2.24, 2.45) is 0 Å². The summed E-state index contributed by atoms with van der Waals surface area (Å²) in [6.07, 6.45) is 5.04. The first-order valence-electron chi connectivity index (χ1n) is 8.65. The van der Waals surface area contributed by atoms with Crippen LogP contribution in [0.1, 0.15) is 16.1 Å². The topological polar surface area (TPSA) is 80.0 Å². The van der Waals surface area contributed by atoms with Crippen LogP contribution in [0.5, 0.6) is 0 Å². The van der Waals surface area contributed by atoms with E-state index in [1.165, 1.54) is 12.1 Å². The molecule has 8 nitrogen and oxygen atoms in total. The SMILES string of the molecule is O=C(c1cn(Cc2ccc(F)cc2)nn1)N1CCN(c2ncccn2)CC1. The monoisotopic (exact) mass is 367 g/mol. The van der Waals surface area contributed by atoms with Crippen molar-refractivity contribution < 1.29 is 9.18 Å². The van der Waals surface area contributed by atoms with Gasteiger partial charge in [0.2, 0.25) is 5.95 Å². The number of nitrogens with zero attached hydrogens (tertiary/aromatic N) is 7. The molecule has 3 aromatic rings. The highest BCUT2D eigenvalue weighted by atomic mass is 19.1. The summed E-state index contributed by atoms with van der Waals surface area (Å²) in [7, 11) is 0. The lowest BCUT2D eigenvalue weighted by Crippen LogP contribution is -2.49. The van der Waals surface area contributed by atoms with Gasteiger partial charge in [-0.05, 0) is 23.8 Å². The standard InChI is InChI=1S/C18H18FN7O/c19-15-4-2-14(3-5-15)12-26-13-16(22-23-26)17(27)24-8-10-25(11-9-24)18-20-6-1-7-21-18/h1-7,13H,8-12H2. The van der Waals surface area contributed by atoms with Crippen molar-refractivity contribution in [2.45, 2.75) is 6.54 Å². The fourth-order valence-corrected chi connectivity index (χ4v) is 2.98. The second-order valence-electron chi connectivity index (χ2n) is 6.26. The highest BCUT2D eigenvalue weighted by Gasteiger charge is 2.25. The third-order valence-electron chi connectivity index (χ3n) is 4.42. The summed E-state index contributed by atoms with van der Waals surface area (Å²) in [5.74, 6) is 0.247. The van der Waals surface area contributed by atoms with Gasteiger partial charge in [-0.25, -0.2) is 19.0 Å². The van der Waals surface area contributed by atoms with Gasteiger partial charge in [0.25, 0.3) is 5.91 Å². The zero-order chi connectivity index (χ0) is 18.6. The lowest BCUT2D eigenvalue weighted by molar-refractivity contribution is 0.0740. The Hall–Kier alpha value is -3.36. The Labute approximate surface area is 155 Å². The highest BCUT2D eigenvalue weighted by molar-refractivity contribution is 5.92.